The number of hydrogen-bond donors (Lipinski definition) is 1. The first-order valence-corrected chi connectivity index (χ1v) is 7.68. The summed E-state index contributed by atoms with van der Waals surface area (Å²) in [5.41, 5.74) is 1.76. The van der Waals surface area contributed by atoms with E-state index in [1.54, 1.807) is 13.0 Å². The van der Waals surface area contributed by atoms with Crippen LogP contribution in [-0.4, -0.2) is 31.1 Å². The van der Waals surface area contributed by atoms with Crippen molar-refractivity contribution in [2.24, 2.45) is 5.92 Å². The predicted octanol–water partition coefficient (Wildman–Crippen LogP) is 3.52. The highest BCUT2D eigenvalue weighted by molar-refractivity contribution is 5.25. The number of likely N-dealkylation sites (tertiary alicyclic amines) is 1. The molecule has 0 saturated carbocycles. The predicted molar refractivity (Wildman–Crippen MR) is 82.4 cm³/mol. The molecular formula is C17H27FN2. The highest BCUT2D eigenvalue weighted by atomic mass is 19.1. The van der Waals surface area contributed by atoms with Gasteiger partial charge in [-0.1, -0.05) is 19.1 Å². The summed E-state index contributed by atoms with van der Waals surface area (Å²) in [6.45, 7) is 8.71. The lowest BCUT2D eigenvalue weighted by Gasteiger charge is -2.24. The van der Waals surface area contributed by atoms with Crippen molar-refractivity contribution in [3.8, 4) is 0 Å². The van der Waals surface area contributed by atoms with Gasteiger partial charge in [-0.15, -0.1) is 0 Å². The maximum Gasteiger partial charge on any atom is 0.126 e. The van der Waals surface area contributed by atoms with Crippen LogP contribution in [0.3, 0.4) is 0 Å². The number of nitrogens with zero attached hydrogens (tertiary/aromatic N) is 1. The third-order valence-corrected chi connectivity index (χ3v) is 4.56. The first-order valence-electron chi connectivity index (χ1n) is 7.68. The molecule has 20 heavy (non-hydrogen) atoms. The van der Waals surface area contributed by atoms with E-state index in [1.165, 1.54) is 13.0 Å². The maximum absolute atomic E-state index is 13.7. The van der Waals surface area contributed by atoms with Crippen molar-refractivity contribution in [2.75, 3.05) is 20.1 Å². The van der Waals surface area contributed by atoms with Gasteiger partial charge in [0.2, 0.25) is 0 Å². The minimum atomic E-state index is -0.106. The summed E-state index contributed by atoms with van der Waals surface area (Å²) < 4.78 is 13.7. The molecule has 1 saturated heterocycles. The van der Waals surface area contributed by atoms with E-state index in [9.17, 15) is 4.39 Å². The van der Waals surface area contributed by atoms with Crippen molar-refractivity contribution < 1.29 is 4.39 Å². The zero-order chi connectivity index (χ0) is 14.7. The second-order valence-corrected chi connectivity index (χ2v) is 6.32. The van der Waals surface area contributed by atoms with Crippen molar-refractivity contribution in [3.63, 3.8) is 0 Å². The van der Waals surface area contributed by atoms with Crippen LogP contribution in [0.1, 0.15) is 43.9 Å². The average molecular weight is 278 g/mol. The first kappa shape index (κ1) is 15.5. The van der Waals surface area contributed by atoms with Gasteiger partial charge in [-0.3, -0.25) is 0 Å². The summed E-state index contributed by atoms with van der Waals surface area (Å²) in [6.07, 6.45) is 2.32. The fourth-order valence-electron chi connectivity index (χ4n) is 3.30. The maximum atomic E-state index is 13.7. The zero-order valence-corrected chi connectivity index (χ0v) is 13.1. The standard InChI is InChI=1S/C17H27FN2/c1-12-9-14(3)20(11-12)8-7-17(19-4)15-6-5-13(2)16(18)10-15/h5-6,10,12,14,17,19H,7-9,11H2,1-4H3. The molecule has 1 aliphatic heterocycles. The monoisotopic (exact) mass is 278 g/mol. The van der Waals surface area contributed by atoms with Crippen LogP contribution < -0.4 is 5.32 Å². The van der Waals surface area contributed by atoms with Gasteiger partial charge in [0, 0.05) is 25.2 Å². The summed E-state index contributed by atoms with van der Waals surface area (Å²) >= 11 is 0. The number of nitrogens with one attached hydrogen (secondary N) is 1. The fraction of sp³-hybridized carbons (Fsp3) is 0.647. The van der Waals surface area contributed by atoms with Crippen LogP contribution in [-0.2, 0) is 0 Å². The van der Waals surface area contributed by atoms with Gasteiger partial charge in [0.1, 0.15) is 5.82 Å². The SMILES string of the molecule is CNC(CCN1CC(C)CC1C)c1ccc(C)c(F)c1. The van der Waals surface area contributed by atoms with E-state index in [0.29, 0.717) is 11.6 Å². The Balaban J connectivity index is 1.97. The van der Waals surface area contributed by atoms with Crippen LogP contribution in [0.25, 0.3) is 0 Å². The minimum absolute atomic E-state index is 0.106. The quantitative estimate of drug-likeness (QED) is 0.886. The van der Waals surface area contributed by atoms with Gasteiger partial charge in [-0.2, -0.15) is 0 Å². The molecular weight excluding hydrogens is 251 g/mol. The molecule has 0 radical (unpaired) electrons. The Hall–Kier alpha value is -0.930. The Labute approximate surface area is 122 Å². The van der Waals surface area contributed by atoms with Gasteiger partial charge in [0.15, 0.2) is 0 Å². The molecule has 3 atom stereocenters. The van der Waals surface area contributed by atoms with Crippen LogP contribution in [0.4, 0.5) is 4.39 Å². The third kappa shape index (κ3) is 3.58. The summed E-state index contributed by atoms with van der Waals surface area (Å²) in [6, 6.07) is 6.49. The molecule has 1 aromatic carbocycles. The molecule has 3 heteroatoms. The summed E-state index contributed by atoms with van der Waals surface area (Å²) in [5, 5.41) is 3.32. The van der Waals surface area contributed by atoms with E-state index in [0.717, 1.165) is 24.4 Å². The topological polar surface area (TPSA) is 15.3 Å². The van der Waals surface area contributed by atoms with Crippen LogP contribution >= 0.6 is 0 Å². The van der Waals surface area contributed by atoms with Gasteiger partial charge in [0.25, 0.3) is 0 Å². The Morgan fingerprint density at radius 2 is 2.15 bits per heavy atom. The summed E-state index contributed by atoms with van der Waals surface area (Å²) in [7, 11) is 1.96. The lowest BCUT2D eigenvalue weighted by atomic mass is 10.0. The largest absolute Gasteiger partial charge is 0.313 e. The zero-order valence-electron chi connectivity index (χ0n) is 13.1. The molecule has 1 N–H and O–H groups in total. The van der Waals surface area contributed by atoms with Gasteiger partial charge in [-0.05, 0) is 56.8 Å². The molecule has 0 aromatic heterocycles. The van der Waals surface area contributed by atoms with Crippen LogP contribution in [0.2, 0.25) is 0 Å². The van der Waals surface area contributed by atoms with Crippen LogP contribution in [0.5, 0.6) is 0 Å². The molecule has 1 fully saturated rings. The molecule has 2 nitrogen and oxygen atoms in total. The first-order chi connectivity index (χ1) is 9.51. The van der Waals surface area contributed by atoms with Crippen molar-refractivity contribution in [1.82, 2.24) is 10.2 Å². The van der Waals surface area contributed by atoms with E-state index in [2.05, 4.69) is 24.1 Å². The van der Waals surface area contributed by atoms with E-state index >= 15 is 0 Å². The van der Waals surface area contributed by atoms with E-state index in [-0.39, 0.29) is 11.9 Å². The fourth-order valence-corrected chi connectivity index (χ4v) is 3.30. The minimum Gasteiger partial charge on any atom is -0.313 e. The third-order valence-electron chi connectivity index (χ3n) is 4.56. The van der Waals surface area contributed by atoms with Crippen molar-refractivity contribution >= 4 is 0 Å². The highest BCUT2D eigenvalue weighted by Crippen LogP contribution is 2.25. The van der Waals surface area contributed by atoms with Gasteiger partial charge in [-0.25, -0.2) is 4.39 Å². The average Bonchev–Trinajstić information content (AvgIpc) is 2.73. The number of aryl methyl sites for hydroxylation is 1. The molecule has 112 valence electrons. The van der Waals surface area contributed by atoms with Gasteiger partial charge in [0.05, 0.1) is 0 Å². The van der Waals surface area contributed by atoms with Crippen molar-refractivity contribution in [1.29, 1.82) is 0 Å². The summed E-state index contributed by atoms with van der Waals surface area (Å²) in [4.78, 5) is 2.56. The Morgan fingerprint density at radius 3 is 2.70 bits per heavy atom. The number of halogens is 1. The number of rotatable bonds is 5. The van der Waals surface area contributed by atoms with E-state index in [4.69, 9.17) is 0 Å². The smallest absolute Gasteiger partial charge is 0.126 e. The Bertz CT molecular complexity index is 447. The molecule has 0 spiro atoms. The molecule has 0 aliphatic carbocycles. The highest BCUT2D eigenvalue weighted by Gasteiger charge is 2.26. The molecule has 3 unspecified atom stereocenters. The molecule has 1 aliphatic rings. The van der Waals surface area contributed by atoms with Crippen molar-refractivity contribution in [3.05, 3.63) is 35.1 Å². The lowest BCUT2D eigenvalue weighted by Crippen LogP contribution is -2.31. The second kappa shape index (κ2) is 6.68. The lowest BCUT2D eigenvalue weighted by molar-refractivity contribution is 0.250. The summed E-state index contributed by atoms with van der Waals surface area (Å²) in [5.74, 6) is 0.695. The molecule has 0 amide bonds. The molecule has 1 aromatic rings. The Morgan fingerprint density at radius 1 is 1.40 bits per heavy atom. The van der Waals surface area contributed by atoms with E-state index < -0.39 is 0 Å². The van der Waals surface area contributed by atoms with E-state index in [1.807, 2.05) is 19.2 Å². The van der Waals surface area contributed by atoms with Crippen LogP contribution in [0, 0.1) is 18.7 Å². The van der Waals surface area contributed by atoms with Gasteiger partial charge >= 0.3 is 0 Å². The normalized spacial score (nSPS) is 25.1. The van der Waals surface area contributed by atoms with Gasteiger partial charge < -0.3 is 10.2 Å². The Kier molecular flexibility index (Phi) is 5.17. The molecule has 0 bridgehead atoms. The van der Waals surface area contributed by atoms with Crippen molar-refractivity contribution in [2.45, 2.75) is 45.7 Å². The number of hydrogen-bond acceptors (Lipinski definition) is 2. The second-order valence-electron chi connectivity index (χ2n) is 6.32. The molecule has 2 rings (SSSR count). The number of benzene rings is 1. The molecule has 1 heterocycles. The van der Waals surface area contributed by atoms with Crippen LogP contribution in [0.15, 0.2) is 18.2 Å².